The van der Waals surface area contributed by atoms with Gasteiger partial charge in [-0.15, -0.1) is 0 Å². The molecule has 0 bridgehead atoms. The van der Waals surface area contributed by atoms with Gasteiger partial charge in [0.2, 0.25) is 0 Å². The minimum absolute atomic E-state index is 0.315. The lowest BCUT2D eigenvalue weighted by Crippen LogP contribution is -2.42. The van der Waals surface area contributed by atoms with Crippen molar-refractivity contribution in [3.05, 3.63) is 46.5 Å². The first-order valence-electron chi connectivity index (χ1n) is 8.92. The third-order valence-corrected chi connectivity index (χ3v) is 4.90. The van der Waals surface area contributed by atoms with E-state index in [1.807, 2.05) is 6.92 Å². The highest BCUT2D eigenvalue weighted by Gasteiger charge is 2.13. The highest BCUT2D eigenvalue weighted by atomic mass is 35.5. The molecule has 1 fully saturated rings. The molecular weight excluding hydrogens is 403 g/mol. The fraction of sp³-hybridized carbons (Fsp3) is 0.389. The number of aromatic nitrogens is 2. The monoisotopic (exact) mass is 424 g/mol. The summed E-state index contributed by atoms with van der Waals surface area (Å²) in [5.74, 6) is -0.315. The fourth-order valence-electron chi connectivity index (χ4n) is 2.76. The summed E-state index contributed by atoms with van der Waals surface area (Å²) < 4.78 is 20.0. The van der Waals surface area contributed by atoms with Gasteiger partial charge in [0.15, 0.2) is 5.11 Å². The Kier molecular flexibility index (Phi) is 7.32. The smallest absolute Gasteiger partial charge is 0.187 e. The molecule has 3 rings (SSSR count). The number of thiocarbonyl (C=S) groups is 1. The number of morpholine rings is 1. The first-order valence-corrected chi connectivity index (χ1v) is 9.71. The van der Waals surface area contributed by atoms with E-state index in [0.717, 1.165) is 39.4 Å². The van der Waals surface area contributed by atoms with Crippen molar-refractivity contribution >= 4 is 35.1 Å². The number of hydrazone groups is 1. The summed E-state index contributed by atoms with van der Waals surface area (Å²) in [6.45, 7) is 6.88. The predicted molar refractivity (Wildman–Crippen MR) is 112 cm³/mol. The molecule has 1 saturated heterocycles. The van der Waals surface area contributed by atoms with Crippen molar-refractivity contribution in [3.8, 4) is 5.69 Å². The Bertz CT molecular complexity index is 835. The minimum Gasteiger partial charge on any atom is -0.379 e. The Morgan fingerprint density at radius 2 is 2.07 bits per heavy atom. The maximum Gasteiger partial charge on any atom is 0.187 e. The molecule has 0 atom stereocenters. The van der Waals surface area contributed by atoms with Crippen LogP contribution in [0.5, 0.6) is 0 Å². The first kappa shape index (κ1) is 20.7. The van der Waals surface area contributed by atoms with Gasteiger partial charge < -0.3 is 10.1 Å². The van der Waals surface area contributed by atoms with Crippen molar-refractivity contribution in [2.24, 2.45) is 5.10 Å². The SMILES string of the molecule is Cc1nn(-c2ccc(F)cc2)c(Cl)c1/C=N/NC(=S)NCCN1CCOCC1. The minimum atomic E-state index is -0.315. The summed E-state index contributed by atoms with van der Waals surface area (Å²) in [6.07, 6.45) is 1.57. The van der Waals surface area contributed by atoms with Crippen LogP contribution in [0.3, 0.4) is 0 Å². The zero-order valence-corrected chi connectivity index (χ0v) is 17.1. The van der Waals surface area contributed by atoms with Crippen molar-refractivity contribution in [3.63, 3.8) is 0 Å². The molecule has 2 N–H and O–H groups in total. The lowest BCUT2D eigenvalue weighted by Gasteiger charge is -2.26. The van der Waals surface area contributed by atoms with Crippen LogP contribution in [0.2, 0.25) is 5.15 Å². The third kappa shape index (κ3) is 5.48. The Hall–Kier alpha value is -2.07. The summed E-state index contributed by atoms with van der Waals surface area (Å²) in [6, 6.07) is 5.94. The predicted octanol–water partition coefficient (Wildman–Crippen LogP) is 2.10. The van der Waals surface area contributed by atoms with E-state index in [-0.39, 0.29) is 5.82 Å². The van der Waals surface area contributed by atoms with Gasteiger partial charge in [-0.2, -0.15) is 10.2 Å². The van der Waals surface area contributed by atoms with Crippen molar-refractivity contribution in [2.75, 3.05) is 39.4 Å². The summed E-state index contributed by atoms with van der Waals surface area (Å²) in [4.78, 5) is 2.31. The van der Waals surface area contributed by atoms with Crippen LogP contribution in [0.25, 0.3) is 5.69 Å². The molecule has 2 aromatic rings. The second-order valence-electron chi connectivity index (χ2n) is 6.26. The van der Waals surface area contributed by atoms with Crippen LogP contribution < -0.4 is 10.7 Å². The standard InChI is InChI=1S/C18H22ClFN6OS/c1-13-16(17(19)26(24-13)15-4-2-14(20)3-5-15)12-22-23-18(28)21-6-7-25-8-10-27-11-9-25/h2-5,12H,6-11H2,1H3,(H2,21,23,28)/b22-12+. The summed E-state index contributed by atoms with van der Waals surface area (Å²) in [7, 11) is 0. The molecule has 7 nitrogen and oxygen atoms in total. The van der Waals surface area contributed by atoms with E-state index >= 15 is 0 Å². The number of ether oxygens (including phenoxy) is 1. The number of aryl methyl sites for hydroxylation is 1. The van der Waals surface area contributed by atoms with Gasteiger partial charge in [0.1, 0.15) is 11.0 Å². The quantitative estimate of drug-likeness (QED) is 0.420. The van der Waals surface area contributed by atoms with Crippen molar-refractivity contribution in [1.29, 1.82) is 0 Å². The van der Waals surface area contributed by atoms with Gasteiger partial charge in [-0.3, -0.25) is 10.3 Å². The van der Waals surface area contributed by atoms with Crippen LogP contribution in [0.1, 0.15) is 11.3 Å². The van der Waals surface area contributed by atoms with Crippen molar-refractivity contribution < 1.29 is 9.13 Å². The normalized spacial score (nSPS) is 15.1. The van der Waals surface area contributed by atoms with Gasteiger partial charge in [-0.1, -0.05) is 11.6 Å². The number of hydrogen-bond donors (Lipinski definition) is 2. The molecule has 10 heteroatoms. The van der Waals surface area contributed by atoms with Crippen LogP contribution >= 0.6 is 23.8 Å². The number of benzene rings is 1. The first-order chi connectivity index (χ1) is 13.5. The molecule has 1 aliphatic rings. The van der Waals surface area contributed by atoms with Gasteiger partial charge in [-0.25, -0.2) is 9.07 Å². The molecule has 150 valence electrons. The average molecular weight is 425 g/mol. The average Bonchev–Trinajstić information content (AvgIpc) is 2.98. The Morgan fingerprint density at radius 1 is 1.36 bits per heavy atom. The molecule has 1 aromatic heterocycles. The third-order valence-electron chi connectivity index (χ3n) is 4.30. The largest absolute Gasteiger partial charge is 0.379 e. The van der Waals surface area contributed by atoms with E-state index in [9.17, 15) is 4.39 Å². The van der Waals surface area contributed by atoms with Crippen molar-refractivity contribution in [2.45, 2.75) is 6.92 Å². The molecule has 0 aliphatic carbocycles. The zero-order chi connectivity index (χ0) is 19.9. The van der Waals surface area contributed by atoms with Gasteiger partial charge >= 0.3 is 0 Å². The number of halogens is 2. The van der Waals surface area contributed by atoms with Crippen LogP contribution in [-0.2, 0) is 4.74 Å². The topological polar surface area (TPSA) is 66.7 Å². The molecule has 0 unspecified atom stereocenters. The van der Waals surface area contributed by atoms with Gasteiger partial charge in [-0.05, 0) is 43.4 Å². The number of nitrogens with one attached hydrogen (secondary N) is 2. The van der Waals surface area contributed by atoms with E-state index in [0.29, 0.717) is 27.2 Å². The maximum absolute atomic E-state index is 13.1. The Labute approximate surface area is 173 Å². The maximum atomic E-state index is 13.1. The lowest BCUT2D eigenvalue weighted by molar-refractivity contribution is 0.0389. The van der Waals surface area contributed by atoms with Gasteiger partial charge in [0.25, 0.3) is 0 Å². The molecule has 0 amide bonds. The fourth-order valence-corrected chi connectivity index (χ4v) is 3.23. The molecule has 1 aromatic carbocycles. The van der Waals surface area contributed by atoms with Gasteiger partial charge in [0.05, 0.1) is 36.4 Å². The molecule has 0 radical (unpaired) electrons. The van der Waals surface area contributed by atoms with E-state index in [1.165, 1.54) is 16.8 Å². The van der Waals surface area contributed by atoms with Crippen molar-refractivity contribution in [1.82, 2.24) is 25.4 Å². The van der Waals surface area contributed by atoms with Crippen LogP contribution in [0, 0.1) is 12.7 Å². The zero-order valence-electron chi connectivity index (χ0n) is 15.5. The summed E-state index contributed by atoms with van der Waals surface area (Å²) in [5, 5.41) is 12.5. The molecular formula is C18H22ClFN6OS. The van der Waals surface area contributed by atoms with E-state index < -0.39 is 0 Å². The highest BCUT2D eigenvalue weighted by molar-refractivity contribution is 7.80. The molecule has 2 heterocycles. The summed E-state index contributed by atoms with van der Waals surface area (Å²) >= 11 is 11.6. The van der Waals surface area contributed by atoms with E-state index in [1.54, 1.807) is 18.3 Å². The van der Waals surface area contributed by atoms with Crippen LogP contribution in [-0.4, -0.2) is 65.4 Å². The summed E-state index contributed by atoms with van der Waals surface area (Å²) in [5.41, 5.74) is 4.81. The van der Waals surface area contributed by atoms with Crippen LogP contribution in [0.15, 0.2) is 29.4 Å². The van der Waals surface area contributed by atoms with Gasteiger partial charge in [0, 0.05) is 26.2 Å². The number of rotatable bonds is 6. The second-order valence-corrected chi connectivity index (χ2v) is 7.02. The second kappa shape index (κ2) is 9.92. The number of hydrogen-bond acceptors (Lipinski definition) is 5. The lowest BCUT2D eigenvalue weighted by atomic mass is 10.3. The van der Waals surface area contributed by atoms with E-state index in [2.05, 4.69) is 25.8 Å². The number of nitrogens with zero attached hydrogens (tertiary/aromatic N) is 4. The molecule has 0 saturated carbocycles. The van der Waals surface area contributed by atoms with E-state index in [4.69, 9.17) is 28.6 Å². The Morgan fingerprint density at radius 3 is 2.79 bits per heavy atom. The van der Waals surface area contributed by atoms with Crippen LogP contribution in [0.4, 0.5) is 4.39 Å². The Balaban J connectivity index is 1.52. The molecule has 0 spiro atoms. The highest BCUT2D eigenvalue weighted by Crippen LogP contribution is 2.22. The molecule has 1 aliphatic heterocycles. The molecule has 28 heavy (non-hydrogen) atoms.